The molecule has 0 amide bonds. The summed E-state index contributed by atoms with van der Waals surface area (Å²) in [5, 5.41) is 9.21. The Labute approximate surface area is 63.1 Å². The van der Waals surface area contributed by atoms with Crippen LogP contribution in [0.3, 0.4) is 0 Å². The largest absolute Gasteiger partial charge is 0.401 e. The lowest BCUT2D eigenvalue weighted by Crippen LogP contribution is -2.08. The van der Waals surface area contributed by atoms with E-state index in [9.17, 15) is 4.79 Å². The minimum atomic E-state index is -0.501. The summed E-state index contributed by atoms with van der Waals surface area (Å²) < 4.78 is 4.67. The van der Waals surface area contributed by atoms with Crippen molar-refractivity contribution >= 4 is 5.97 Å². The highest BCUT2D eigenvalue weighted by Gasteiger charge is 2.05. The standard InChI is InChI=1S/C6H7N3O2/c1-4(2)6(10)11-5-3-7-9-8-5/h3H,1H2,2H3,(H,7,8,9). The van der Waals surface area contributed by atoms with Gasteiger partial charge < -0.3 is 4.74 Å². The monoisotopic (exact) mass is 153 g/mol. The molecule has 0 aromatic carbocycles. The summed E-state index contributed by atoms with van der Waals surface area (Å²) in [4.78, 5) is 10.8. The van der Waals surface area contributed by atoms with E-state index in [1.165, 1.54) is 6.20 Å². The summed E-state index contributed by atoms with van der Waals surface area (Å²) in [5.41, 5.74) is 0.327. The molecule has 0 aliphatic carbocycles. The molecule has 1 aromatic rings. The Balaban J connectivity index is 2.57. The van der Waals surface area contributed by atoms with Crippen LogP contribution in [0.25, 0.3) is 0 Å². The highest BCUT2D eigenvalue weighted by atomic mass is 16.5. The average Bonchev–Trinajstić information content (AvgIpc) is 2.39. The van der Waals surface area contributed by atoms with Crippen LogP contribution in [0.5, 0.6) is 5.88 Å². The molecule has 5 nitrogen and oxygen atoms in total. The summed E-state index contributed by atoms with van der Waals surface area (Å²) in [6, 6.07) is 0. The van der Waals surface area contributed by atoms with E-state index in [0.717, 1.165) is 0 Å². The number of nitrogens with one attached hydrogen (secondary N) is 1. The van der Waals surface area contributed by atoms with Crippen LogP contribution in [0.2, 0.25) is 0 Å². The van der Waals surface area contributed by atoms with Gasteiger partial charge in [-0.2, -0.15) is 0 Å². The van der Waals surface area contributed by atoms with Crippen LogP contribution < -0.4 is 4.74 Å². The fourth-order valence-electron chi connectivity index (χ4n) is 0.423. The Kier molecular flexibility index (Phi) is 2.00. The van der Waals surface area contributed by atoms with Gasteiger partial charge in [0.2, 0.25) is 0 Å². The number of nitrogens with zero attached hydrogens (tertiary/aromatic N) is 2. The number of esters is 1. The summed E-state index contributed by atoms with van der Waals surface area (Å²) in [5.74, 6) is -0.350. The van der Waals surface area contributed by atoms with Crippen LogP contribution in [0.15, 0.2) is 18.3 Å². The highest BCUT2D eigenvalue weighted by Crippen LogP contribution is 2.02. The zero-order valence-electron chi connectivity index (χ0n) is 6.00. The first kappa shape index (κ1) is 7.46. The first-order chi connectivity index (χ1) is 5.20. The smallest absolute Gasteiger partial charge is 0.339 e. The molecule has 1 aromatic heterocycles. The first-order valence-corrected chi connectivity index (χ1v) is 2.94. The zero-order chi connectivity index (χ0) is 8.27. The molecule has 0 spiro atoms. The minimum absolute atomic E-state index is 0.151. The van der Waals surface area contributed by atoms with Gasteiger partial charge in [0.1, 0.15) is 0 Å². The maximum absolute atomic E-state index is 10.8. The Morgan fingerprint density at radius 3 is 3.00 bits per heavy atom. The fraction of sp³-hybridized carbons (Fsp3) is 0.167. The topological polar surface area (TPSA) is 67.9 Å². The maximum Gasteiger partial charge on any atom is 0.339 e. The molecule has 0 saturated carbocycles. The van der Waals surface area contributed by atoms with Gasteiger partial charge in [0, 0.05) is 5.57 Å². The first-order valence-electron chi connectivity index (χ1n) is 2.94. The van der Waals surface area contributed by atoms with Gasteiger partial charge in [-0.05, 0) is 6.92 Å². The van der Waals surface area contributed by atoms with E-state index in [4.69, 9.17) is 0 Å². The second-order valence-corrected chi connectivity index (χ2v) is 1.98. The normalized spacial score (nSPS) is 9.18. The summed E-state index contributed by atoms with van der Waals surface area (Å²) in [6.45, 7) is 4.96. The molecule has 11 heavy (non-hydrogen) atoms. The molecular formula is C6H7N3O2. The van der Waals surface area contributed by atoms with Crippen LogP contribution in [-0.4, -0.2) is 21.4 Å². The van der Waals surface area contributed by atoms with Gasteiger partial charge in [-0.3, -0.25) is 5.10 Å². The number of carbonyl (C=O) groups is 1. The Bertz CT molecular complexity index is 265. The molecule has 5 heteroatoms. The quantitative estimate of drug-likeness (QED) is 0.489. The Morgan fingerprint density at radius 1 is 1.82 bits per heavy atom. The number of rotatable bonds is 2. The van der Waals surface area contributed by atoms with E-state index in [2.05, 4.69) is 26.7 Å². The lowest BCUT2D eigenvalue weighted by atomic mass is 10.4. The number of hydrogen-bond acceptors (Lipinski definition) is 4. The van der Waals surface area contributed by atoms with Crippen molar-refractivity contribution in [1.29, 1.82) is 0 Å². The van der Waals surface area contributed by atoms with Crippen molar-refractivity contribution in [3.63, 3.8) is 0 Å². The lowest BCUT2D eigenvalue weighted by molar-refractivity contribution is -0.130. The minimum Gasteiger partial charge on any atom is -0.401 e. The van der Waals surface area contributed by atoms with Crippen molar-refractivity contribution in [3.8, 4) is 5.88 Å². The molecule has 0 fully saturated rings. The van der Waals surface area contributed by atoms with E-state index in [1.807, 2.05) is 0 Å². The molecule has 0 atom stereocenters. The van der Waals surface area contributed by atoms with E-state index < -0.39 is 5.97 Å². The van der Waals surface area contributed by atoms with Gasteiger partial charge in [0.15, 0.2) is 0 Å². The maximum atomic E-state index is 10.8. The lowest BCUT2D eigenvalue weighted by Gasteiger charge is -1.96. The Hall–Kier alpha value is -1.65. The molecule has 0 aliphatic rings. The summed E-state index contributed by atoms with van der Waals surface area (Å²) in [7, 11) is 0. The average molecular weight is 153 g/mol. The van der Waals surface area contributed by atoms with Gasteiger partial charge in [-0.1, -0.05) is 16.9 Å². The molecule has 0 bridgehead atoms. The SMILES string of the molecule is C=C(C)C(=O)Oc1c[nH]nn1. The number of hydrogen-bond donors (Lipinski definition) is 1. The highest BCUT2D eigenvalue weighted by molar-refractivity contribution is 5.88. The molecule has 1 N–H and O–H groups in total. The van der Waals surface area contributed by atoms with Crippen molar-refractivity contribution in [2.24, 2.45) is 0 Å². The van der Waals surface area contributed by atoms with Crippen LogP contribution in [0, 0.1) is 0 Å². The van der Waals surface area contributed by atoms with Crippen LogP contribution in [0.4, 0.5) is 0 Å². The van der Waals surface area contributed by atoms with Gasteiger partial charge in [0.05, 0.1) is 6.20 Å². The molecular weight excluding hydrogens is 146 g/mol. The molecule has 1 rings (SSSR count). The van der Waals surface area contributed by atoms with Crippen molar-refractivity contribution in [3.05, 3.63) is 18.3 Å². The van der Waals surface area contributed by atoms with Crippen molar-refractivity contribution in [2.45, 2.75) is 6.92 Å². The molecule has 0 radical (unpaired) electrons. The van der Waals surface area contributed by atoms with E-state index >= 15 is 0 Å². The van der Waals surface area contributed by atoms with Crippen molar-refractivity contribution in [2.75, 3.05) is 0 Å². The zero-order valence-corrected chi connectivity index (χ0v) is 6.00. The van der Waals surface area contributed by atoms with Crippen LogP contribution >= 0.6 is 0 Å². The number of H-pyrrole nitrogens is 1. The fourth-order valence-corrected chi connectivity index (χ4v) is 0.423. The molecule has 0 aliphatic heterocycles. The van der Waals surface area contributed by atoms with E-state index in [0.29, 0.717) is 5.57 Å². The predicted octanol–water partition coefficient (Wildman–Crippen LogP) is 0.286. The van der Waals surface area contributed by atoms with Crippen LogP contribution in [0.1, 0.15) is 6.92 Å². The number of aromatic amines is 1. The van der Waals surface area contributed by atoms with Gasteiger partial charge in [-0.25, -0.2) is 4.79 Å². The number of ether oxygens (including phenoxy) is 1. The molecule has 1 heterocycles. The summed E-state index contributed by atoms with van der Waals surface area (Å²) >= 11 is 0. The van der Waals surface area contributed by atoms with Crippen molar-refractivity contribution < 1.29 is 9.53 Å². The van der Waals surface area contributed by atoms with E-state index in [-0.39, 0.29) is 5.88 Å². The Morgan fingerprint density at radius 2 is 2.55 bits per heavy atom. The number of aromatic nitrogens is 3. The number of carbonyl (C=O) groups excluding carboxylic acids is 1. The molecule has 58 valence electrons. The van der Waals surface area contributed by atoms with Gasteiger partial charge >= 0.3 is 5.97 Å². The van der Waals surface area contributed by atoms with Crippen LogP contribution in [-0.2, 0) is 4.79 Å². The second-order valence-electron chi connectivity index (χ2n) is 1.98. The third-order valence-electron chi connectivity index (χ3n) is 0.940. The predicted molar refractivity (Wildman–Crippen MR) is 36.8 cm³/mol. The third-order valence-corrected chi connectivity index (χ3v) is 0.940. The molecule has 0 unspecified atom stereocenters. The second kappa shape index (κ2) is 2.96. The van der Waals surface area contributed by atoms with Gasteiger partial charge in [-0.15, -0.1) is 0 Å². The molecule has 0 saturated heterocycles. The summed E-state index contributed by atoms with van der Waals surface area (Å²) in [6.07, 6.45) is 1.38. The third kappa shape index (κ3) is 1.89. The van der Waals surface area contributed by atoms with Gasteiger partial charge in [0.25, 0.3) is 5.88 Å². The van der Waals surface area contributed by atoms with E-state index in [1.54, 1.807) is 6.92 Å². The van der Waals surface area contributed by atoms with Crippen molar-refractivity contribution in [1.82, 2.24) is 15.4 Å².